The topological polar surface area (TPSA) is 59.8 Å². The minimum absolute atomic E-state index is 0.0597. The van der Waals surface area contributed by atoms with Crippen LogP contribution >= 0.6 is 0 Å². The van der Waals surface area contributed by atoms with Crippen LogP contribution in [0.5, 0.6) is 0 Å². The lowest BCUT2D eigenvalue weighted by Gasteiger charge is -2.02. The van der Waals surface area contributed by atoms with Gasteiger partial charge in [0.15, 0.2) is 0 Å². The van der Waals surface area contributed by atoms with Crippen LogP contribution in [0.4, 0.5) is 5.69 Å². The van der Waals surface area contributed by atoms with Crippen molar-refractivity contribution in [3.63, 3.8) is 0 Å². The monoisotopic (exact) mass is 278 g/mol. The Kier molecular flexibility index (Phi) is 3.73. The van der Waals surface area contributed by atoms with Crippen molar-refractivity contribution in [2.75, 3.05) is 5.32 Å². The predicted molar refractivity (Wildman–Crippen MR) is 80.1 cm³/mol. The van der Waals surface area contributed by atoms with Crippen molar-refractivity contribution in [1.29, 1.82) is 0 Å². The Hall–Kier alpha value is -2.95. The van der Waals surface area contributed by atoms with E-state index in [1.54, 1.807) is 29.5 Å². The average molecular weight is 278 g/mol. The number of anilines is 1. The van der Waals surface area contributed by atoms with Crippen molar-refractivity contribution in [2.24, 2.45) is 0 Å². The maximum Gasteiger partial charge on any atom is 0.228 e. The Morgan fingerprint density at radius 1 is 1.10 bits per heavy atom. The van der Waals surface area contributed by atoms with Crippen LogP contribution in [0, 0.1) is 0 Å². The molecular formula is C16H14N4O. The molecule has 0 aliphatic carbocycles. The summed E-state index contributed by atoms with van der Waals surface area (Å²) in [6, 6.07) is 13.3. The predicted octanol–water partition coefficient (Wildman–Crippen LogP) is 2.45. The first kappa shape index (κ1) is 13.1. The molecule has 5 nitrogen and oxygen atoms in total. The number of rotatable bonds is 4. The molecule has 21 heavy (non-hydrogen) atoms. The fourth-order valence-electron chi connectivity index (χ4n) is 2.01. The van der Waals surface area contributed by atoms with E-state index in [9.17, 15) is 4.79 Å². The van der Waals surface area contributed by atoms with E-state index in [4.69, 9.17) is 0 Å². The number of amides is 1. The first-order valence-corrected chi connectivity index (χ1v) is 6.60. The van der Waals surface area contributed by atoms with Gasteiger partial charge in [0.25, 0.3) is 0 Å². The SMILES string of the molecule is O=C(Cc1ccccc1)Nc1cnn(-c2ccncc2)c1. The maximum absolute atomic E-state index is 12.0. The highest BCUT2D eigenvalue weighted by Crippen LogP contribution is 2.11. The van der Waals surface area contributed by atoms with Crippen LogP contribution in [0.3, 0.4) is 0 Å². The van der Waals surface area contributed by atoms with E-state index >= 15 is 0 Å². The lowest BCUT2D eigenvalue weighted by atomic mass is 10.1. The Bertz CT molecular complexity index is 722. The van der Waals surface area contributed by atoms with Crippen molar-refractivity contribution in [2.45, 2.75) is 6.42 Å². The largest absolute Gasteiger partial charge is 0.323 e. The second-order valence-corrected chi connectivity index (χ2v) is 4.59. The summed E-state index contributed by atoms with van der Waals surface area (Å²) >= 11 is 0. The van der Waals surface area contributed by atoms with Gasteiger partial charge in [0.05, 0.1) is 30.2 Å². The Labute approximate surface area is 122 Å². The smallest absolute Gasteiger partial charge is 0.228 e. The van der Waals surface area contributed by atoms with Gasteiger partial charge < -0.3 is 5.32 Å². The third kappa shape index (κ3) is 3.33. The van der Waals surface area contributed by atoms with Crippen LogP contribution < -0.4 is 5.32 Å². The first-order chi connectivity index (χ1) is 10.3. The molecule has 0 atom stereocenters. The fourth-order valence-corrected chi connectivity index (χ4v) is 2.01. The van der Waals surface area contributed by atoms with Crippen molar-refractivity contribution in [3.05, 3.63) is 72.8 Å². The zero-order valence-corrected chi connectivity index (χ0v) is 11.3. The Balaban J connectivity index is 1.66. The molecule has 0 aliphatic heterocycles. The molecule has 0 saturated heterocycles. The zero-order chi connectivity index (χ0) is 14.5. The number of aromatic nitrogens is 3. The summed E-state index contributed by atoms with van der Waals surface area (Å²) in [6.45, 7) is 0. The summed E-state index contributed by atoms with van der Waals surface area (Å²) in [7, 11) is 0. The average Bonchev–Trinajstić information content (AvgIpc) is 2.97. The molecule has 0 fully saturated rings. The molecule has 1 N–H and O–H groups in total. The quantitative estimate of drug-likeness (QED) is 0.797. The van der Waals surface area contributed by atoms with Crippen LogP contribution in [0.1, 0.15) is 5.56 Å². The molecule has 0 saturated carbocycles. The van der Waals surface area contributed by atoms with E-state index in [0.29, 0.717) is 12.1 Å². The second kappa shape index (κ2) is 6.00. The van der Waals surface area contributed by atoms with E-state index in [-0.39, 0.29) is 5.91 Å². The number of carbonyl (C=O) groups is 1. The van der Waals surface area contributed by atoms with E-state index in [1.165, 1.54) is 0 Å². The summed E-state index contributed by atoms with van der Waals surface area (Å²) in [5.74, 6) is -0.0597. The van der Waals surface area contributed by atoms with Crippen molar-refractivity contribution in [3.8, 4) is 5.69 Å². The highest BCUT2D eigenvalue weighted by atomic mass is 16.1. The normalized spacial score (nSPS) is 10.3. The number of nitrogens with one attached hydrogen (secondary N) is 1. The zero-order valence-electron chi connectivity index (χ0n) is 11.3. The van der Waals surface area contributed by atoms with Crippen molar-refractivity contribution in [1.82, 2.24) is 14.8 Å². The molecule has 0 radical (unpaired) electrons. The van der Waals surface area contributed by atoms with E-state index in [0.717, 1.165) is 11.3 Å². The first-order valence-electron chi connectivity index (χ1n) is 6.60. The minimum Gasteiger partial charge on any atom is -0.323 e. The molecule has 5 heteroatoms. The third-order valence-corrected chi connectivity index (χ3v) is 3.00. The van der Waals surface area contributed by atoms with Crippen LogP contribution in [0.25, 0.3) is 5.69 Å². The van der Waals surface area contributed by atoms with Crippen molar-refractivity contribution >= 4 is 11.6 Å². The summed E-state index contributed by atoms with van der Waals surface area (Å²) in [5.41, 5.74) is 2.55. The molecule has 3 aromatic rings. The molecule has 1 aromatic carbocycles. The molecule has 0 unspecified atom stereocenters. The van der Waals surface area contributed by atoms with Gasteiger partial charge in [0, 0.05) is 12.4 Å². The van der Waals surface area contributed by atoms with Gasteiger partial charge in [-0.2, -0.15) is 5.10 Å². The number of pyridine rings is 1. The molecular weight excluding hydrogens is 264 g/mol. The van der Waals surface area contributed by atoms with Crippen molar-refractivity contribution < 1.29 is 4.79 Å². The second-order valence-electron chi connectivity index (χ2n) is 4.59. The van der Waals surface area contributed by atoms with Gasteiger partial charge in [0.1, 0.15) is 0 Å². The van der Waals surface area contributed by atoms with Crippen LogP contribution in [-0.2, 0) is 11.2 Å². The fraction of sp³-hybridized carbons (Fsp3) is 0.0625. The lowest BCUT2D eigenvalue weighted by Crippen LogP contribution is -2.13. The Morgan fingerprint density at radius 3 is 2.62 bits per heavy atom. The molecule has 2 aromatic heterocycles. The van der Waals surface area contributed by atoms with Crippen LogP contribution in [0.15, 0.2) is 67.3 Å². The van der Waals surface area contributed by atoms with Gasteiger partial charge in [0.2, 0.25) is 5.91 Å². The van der Waals surface area contributed by atoms with E-state index in [1.807, 2.05) is 42.5 Å². The van der Waals surface area contributed by atoms with Crippen LogP contribution in [0.2, 0.25) is 0 Å². The van der Waals surface area contributed by atoms with E-state index < -0.39 is 0 Å². The van der Waals surface area contributed by atoms with Gasteiger partial charge in [-0.25, -0.2) is 4.68 Å². The molecule has 2 heterocycles. The van der Waals surface area contributed by atoms with Gasteiger partial charge in [-0.3, -0.25) is 9.78 Å². The number of hydrogen-bond acceptors (Lipinski definition) is 3. The molecule has 3 rings (SSSR count). The standard InChI is InChI=1S/C16H14N4O/c21-16(10-13-4-2-1-3-5-13)19-14-11-18-20(12-14)15-6-8-17-9-7-15/h1-9,11-12H,10H2,(H,19,21). The highest BCUT2D eigenvalue weighted by Gasteiger charge is 2.06. The number of nitrogens with zero attached hydrogens (tertiary/aromatic N) is 3. The summed E-state index contributed by atoms with van der Waals surface area (Å²) in [6.07, 6.45) is 7.15. The summed E-state index contributed by atoms with van der Waals surface area (Å²) in [4.78, 5) is 15.9. The highest BCUT2D eigenvalue weighted by molar-refractivity contribution is 5.92. The van der Waals surface area contributed by atoms with E-state index in [2.05, 4.69) is 15.4 Å². The van der Waals surface area contributed by atoms with Gasteiger partial charge >= 0.3 is 0 Å². The van der Waals surface area contributed by atoms with Gasteiger partial charge in [-0.1, -0.05) is 30.3 Å². The number of hydrogen-bond donors (Lipinski definition) is 1. The molecule has 1 amide bonds. The third-order valence-electron chi connectivity index (χ3n) is 3.00. The molecule has 0 spiro atoms. The molecule has 0 bridgehead atoms. The number of carbonyl (C=O) groups excluding carboxylic acids is 1. The number of benzene rings is 1. The minimum atomic E-state index is -0.0597. The van der Waals surface area contributed by atoms with Gasteiger partial charge in [-0.15, -0.1) is 0 Å². The van der Waals surface area contributed by atoms with Gasteiger partial charge in [-0.05, 0) is 17.7 Å². The summed E-state index contributed by atoms with van der Waals surface area (Å²) < 4.78 is 1.69. The molecule has 104 valence electrons. The lowest BCUT2D eigenvalue weighted by molar-refractivity contribution is -0.115. The Morgan fingerprint density at radius 2 is 1.86 bits per heavy atom. The van der Waals surface area contributed by atoms with Crippen LogP contribution in [-0.4, -0.2) is 20.7 Å². The molecule has 0 aliphatic rings. The maximum atomic E-state index is 12.0. The summed E-state index contributed by atoms with van der Waals surface area (Å²) in [5, 5.41) is 7.06.